The summed E-state index contributed by atoms with van der Waals surface area (Å²) in [5.41, 5.74) is 2.64. The van der Waals surface area contributed by atoms with Crippen LogP contribution in [0.5, 0.6) is 0 Å². The van der Waals surface area contributed by atoms with E-state index < -0.39 is 10.0 Å². The molecule has 0 unspecified atom stereocenters. The lowest BCUT2D eigenvalue weighted by Crippen LogP contribution is -2.13. The number of hydrogen-bond donors (Lipinski definition) is 1. The Morgan fingerprint density at radius 1 is 1.14 bits per heavy atom. The standard InChI is InChI=1S/C20H17BrN2O3S2/c1-3-13-8-10-14(11-9-13)18-19(15-6-4-5-7-16(15)27-18)28(24,25)23-20-17(21)12(2)22-26-20/h4-11,23H,3H2,1-2H3. The first-order chi connectivity index (χ1) is 13.4. The molecule has 0 aliphatic rings. The van der Waals surface area contributed by atoms with Crippen molar-refractivity contribution in [3.8, 4) is 10.4 Å². The first kappa shape index (κ1) is 19.2. The molecule has 4 rings (SSSR count). The lowest BCUT2D eigenvalue weighted by atomic mass is 10.1. The third kappa shape index (κ3) is 3.36. The highest BCUT2D eigenvalue weighted by atomic mass is 79.9. The topological polar surface area (TPSA) is 72.2 Å². The van der Waals surface area contributed by atoms with Crippen LogP contribution in [0, 0.1) is 6.92 Å². The van der Waals surface area contributed by atoms with Crippen molar-refractivity contribution in [2.75, 3.05) is 4.72 Å². The number of nitrogens with zero attached hydrogens (tertiary/aromatic N) is 1. The molecule has 5 nitrogen and oxygen atoms in total. The maximum absolute atomic E-state index is 13.3. The van der Waals surface area contributed by atoms with Gasteiger partial charge in [0.25, 0.3) is 15.9 Å². The van der Waals surface area contributed by atoms with Crippen molar-refractivity contribution in [1.29, 1.82) is 0 Å². The van der Waals surface area contributed by atoms with E-state index in [1.165, 1.54) is 16.9 Å². The Morgan fingerprint density at radius 2 is 1.86 bits per heavy atom. The molecule has 0 aliphatic carbocycles. The highest BCUT2D eigenvalue weighted by Gasteiger charge is 2.28. The number of halogens is 1. The SMILES string of the molecule is CCc1ccc(-c2sc3ccccc3c2S(=O)(=O)Nc2onc(C)c2Br)cc1. The summed E-state index contributed by atoms with van der Waals surface area (Å²) in [6.07, 6.45) is 0.929. The Kier molecular flexibility index (Phi) is 5.03. The van der Waals surface area contributed by atoms with Gasteiger partial charge in [-0.1, -0.05) is 54.5 Å². The summed E-state index contributed by atoms with van der Waals surface area (Å²) >= 11 is 4.77. The average molecular weight is 477 g/mol. The number of hydrogen-bond acceptors (Lipinski definition) is 5. The molecule has 0 fully saturated rings. The van der Waals surface area contributed by atoms with Crippen molar-refractivity contribution < 1.29 is 12.9 Å². The number of sulfonamides is 1. The van der Waals surface area contributed by atoms with Gasteiger partial charge >= 0.3 is 0 Å². The average Bonchev–Trinajstić information content (AvgIpc) is 3.24. The van der Waals surface area contributed by atoms with Gasteiger partial charge in [-0.25, -0.2) is 13.1 Å². The highest BCUT2D eigenvalue weighted by molar-refractivity contribution is 9.10. The van der Waals surface area contributed by atoms with E-state index in [-0.39, 0.29) is 10.8 Å². The maximum Gasteiger partial charge on any atom is 0.266 e. The quantitative estimate of drug-likeness (QED) is 0.383. The number of aryl methyl sites for hydroxylation is 2. The monoisotopic (exact) mass is 476 g/mol. The zero-order chi connectivity index (χ0) is 19.9. The molecule has 0 bridgehead atoms. The minimum absolute atomic E-state index is 0.0695. The van der Waals surface area contributed by atoms with Crippen molar-refractivity contribution in [2.45, 2.75) is 25.2 Å². The molecule has 0 spiro atoms. The third-order valence-corrected chi connectivity index (χ3v) is 8.16. The number of aromatic nitrogens is 1. The van der Waals surface area contributed by atoms with E-state index in [1.54, 1.807) is 6.92 Å². The third-order valence-electron chi connectivity index (χ3n) is 4.46. The molecule has 0 saturated carbocycles. The van der Waals surface area contributed by atoms with Gasteiger partial charge in [-0.15, -0.1) is 11.3 Å². The van der Waals surface area contributed by atoms with Crippen LogP contribution in [0.25, 0.3) is 20.5 Å². The summed E-state index contributed by atoms with van der Waals surface area (Å²) in [6.45, 7) is 3.82. The van der Waals surface area contributed by atoms with Crippen LogP contribution in [-0.4, -0.2) is 13.6 Å². The molecule has 0 radical (unpaired) electrons. The van der Waals surface area contributed by atoms with Gasteiger partial charge in [0.05, 0.1) is 10.6 Å². The van der Waals surface area contributed by atoms with E-state index in [0.29, 0.717) is 20.4 Å². The number of fused-ring (bicyclic) bond motifs is 1. The zero-order valence-electron chi connectivity index (χ0n) is 15.2. The molecule has 4 aromatic rings. The van der Waals surface area contributed by atoms with Crippen molar-refractivity contribution in [3.63, 3.8) is 0 Å². The molecule has 0 saturated heterocycles. The fourth-order valence-corrected chi connectivity index (χ4v) is 6.28. The van der Waals surface area contributed by atoms with Crippen LogP contribution in [-0.2, 0) is 16.4 Å². The van der Waals surface area contributed by atoms with Gasteiger partial charge in [-0.2, -0.15) is 0 Å². The molecule has 2 aromatic heterocycles. The molecule has 144 valence electrons. The van der Waals surface area contributed by atoms with Gasteiger partial charge in [0.15, 0.2) is 0 Å². The van der Waals surface area contributed by atoms with E-state index in [4.69, 9.17) is 4.52 Å². The molecule has 0 aliphatic heterocycles. The smallest absolute Gasteiger partial charge is 0.266 e. The van der Waals surface area contributed by atoms with Gasteiger partial charge in [0.2, 0.25) is 0 Å². The Bertz CT molecular complexity index is 1260. The summed E-state index contributed by atoms with van der Waals surface area (Å²) in [7, 11) is -3.90. The van der Waals surface area contributed by atoms with Gasteiger partial charge in [-0.05, 0) is 46.5 Å². The van der Waals surface area contributed by atoms with Gasteiger partial charge < -0.3 is 4.52 Å². The van der Waals surface area contributed by atoms with Crippen LogP contribution < -0.4 is 4.72 Å². The van der Waals surface area contributed by atoms with Crippen LogP contribution in [0.2, 0.25) is 0 Å². The van der Waals surface area contributed by atoms with Crippen LogP contribution >= 0.6 is 27.3 Å². The second kappa shape index (κ2) is 7.35. The second-order valence-corrected chi connectivity index (χ2v) is 9.79. The molecular formula is C20H17BrN2O3S2. The number of anilines is 1. The summed E-state index contributed by atoms with van der Waals surface area (Å²) in [4.78, 5) is 0.946. The molecule has 8 heteroatoms. The molecular weight excluding hydrogens is 460 g/mol. The first-order valence-corrected chi connectivity index (χ1v) is 11.8. The van der Waals surface area contributed by atoms with E-state index in [2.05, 4.69) is 32.7 Å². The van der Waals surface area contributed by atoms with Crippen LogP contribution in [0.4, 0.5) is 5.88 Å². The number of benzene rings is 2. The minimum atomic E-state index is -3.90. The van der Waals surface area contributed by atoms with E-state index in [9.17, 15) is 8.42 Å². The Labute approximate surface area is 175 Å². The van der Waals surface area contributed by atoms with E-state index in [1.807, 2.05) is 48.5 Å². The molecule has 1 N–H and O–H groups in total. The van der Waals surface area contributed by atoms with E-state index >= 15 is 0 Å². The predicted molar refractivity (Wildman–Crippen MR) is 116 cm³/mol. The predicted octanol–water partition coefficient (Wildman–Crippen LogP) is 5.99. The normalized spacial score (nSPS) is 11.8. The van der Waals surface area contributed by atoms with Crippen LogP contribution in [0.1, 0.15) is 18.2 Å². The van der Waals surface area contributed by atoms with Crippen LogP contribution in [0.15, 0.2) is 62.4 Å². The largest absolute Gasteiger partial charge is 0.336 e. The maximum atomic E-state index is 13.3. The number of rotatable bonds is 5. The molecule has 0 atom stereocenters. The summed E-state index contributed by atoms with van der Waals surface area (Å²) in [6, 6.07) is 15.5. The van der Waals surface area contributed by atoms with Gasteiger partial charge in [0, 0.05) is 10.1 Å². The summed E-state index contributed by atoms with van der Waals surface area (Å²) in [5.74, 6) is 0.0695. The second-order valence-electron chi connectivity index (χ2n) is 6.32. The molecule has 2 aromatic carbocycles. The van der Waals surface area contributed by atoms with Crippen molar-refractivity contribution in [3.05, 3.63) is 64.3 Å². The Balaban J connectivity index is 1.90. The zero-order valence-corrected chi connectivity index (χ0v) is 18.4. The van der Waals surface area contributed by atoms with Crippen molar-refractivity contribution in [1.82, 2.24) is 5.16 Å². The Hall–Kier alpha value is -2.16. The summed E-state index contributed by atoms with van der Waals surface area (Å²) in [5, 5.41) is 4.48. The Morgan fingerprint density at radius 3 is 2.50 bits per heavy atom. The lowest BCUT2D eigenvalue weighted by Gasteiger charge is -2.08. The molecule has 28 heavy (non-hydrogen) atoms. The van der Waals surface area contributed by atoms with Gasteiger partial charge in [-0.3, -0.25) is 0 Å². The number of thiophene rings is 1. The molecule has 2 heterocycles. The van der Waals surface area contributed by atoms with Crippen LogP contribution in [0.3, 0.4) is 0 Å². The van der Waals surface area contributed by atoms with E-state index in [0.717, 1.165) is 16.7 Å². The summed E-state index contributed by atoms with van der Waals surface area (Å²) < 4.78 is 35.8. The van der Waals surface area contributed by atoms with Gasteiger partial charge in [0.1, 0.15) is 9.37 Å². The fourth-order valence-electron chi connectivity index (χ4n) is 2.97. The number of nitrogens with one attached hydrogen (secondary N) is 1. The fraction of sp³-hybridized carbons (Fsp3) is 0.150. The lowest BCUT2D eigenvalue weighted by molar-refractivity contribution is 0.430. The first-order valence-electron chi connectivity index (χ1n) is 8.66. The van der Waals surface area contributed by atoms with Crippen molar-refractivity contribution >= 4 is 53.3 Å². The molecule has 0 amide bonds. The minimum Gasteiger partial charge on any atom is -0.336 e. The van der Waals surface area contributed by atoms with Crippen molar-refractivity contribution in [2.24, 2.45) is 0 Å². The highest BCUT2D eigenvalue weighted by Crippen LogP contribution is 2.42.